The van der Waals surface area contributed by atoms with Crippen LogP contribution in [0.15, 0.2) is 27.9 Å². The third-order valence-electron chi connectivity index (χ3n) is 3.27. The van der Waals surface area contributed by atoms with Gasteiger partial charge >= 0.3 is 0 Å². The van der Waals surface area contributed by atoms with Crippen LogP contribution < -0.4 is 10.7 Å². The Balaban J connectivity index is 2.41. The number of halogens is 1. The molecule has 0 saturated carbocycles. The minimum absolute atomic E-state index is 0.0510. The van der Waals surface area contributed by atoms with Crippen LogP contribution in [0.5, 0.6) is 0 Å². The van der Waals surface area contributed by atoms with Gasteiger partial charge in [0.1, 0.15) is 22.0 Å². The van der Waals surface area contributed by atoms with Crippen molar-refractivity contribution in [3.05, 3.63) is 38.9 Å². The van der Waals surface area contributed by atoms with Gasteiger partial charge in [-0.2, -0.15) is 0 Å². The summed E-state index contributed by atoms with van der Waals surface area (Å²) in [6, 6.07) is 0. The third kappa shape index (κ3) is 2.85. The summed E-state index contributed by atoms with van der Waals surface area (Å²) < 4.78 is 0. The summed E-state index contributed by atoms with van der Waals surface area (Å²) in [7, 11) is 3.03. The van der Waals surface area contributed by atoms with Gasteiger partial charge in [0, 0.05) is 33.0 Å². The Morgan fingerprint density at radius 1 is 1.26 bits per heavy atom. The summed E-state index contributed by atoms with van der Waals surface area (Å²) >= 11 is 5.87. The van der Waals surface area contributed by atoms with Gasteiger partial charge in [-0.05, 0) is 6.92 Å². The van der Waals surface area contributed by atoms with E-state index in [1.807, 2.05) is 0 Å². The number of imide groups is 1. The van der Waals surface area contributed by atoms with Gasteiger partial charge in [0.05, 0.1) is 0 Å². The van der Waals surface area contributed by atoms with Gasteiger partial charge in [0.15, 0.2) is 0 Å². The van der Waals surface area contributed by atoms with Crippen LogP contribution in [-0.4, -0.2) is 53.1 Å². The van der Waals surface area contributed by atoms with E-state index in [2.05, 4.69) is 10.3 Å². The first-order valence-corrected chi connectivity index (χ1v) is 7.13. The molecule has 122 valence electrons. The lowest BCUT2D eigenvalue weighted by atomic mass is 10.2. The second-order valence-electron chi connectivity index (χ2n) is 4.98. The molecule has 0 spiro atoms. The number of amides is 3. The van der Waals surface area contributed by atoms with Crippen molar-refractivity contribution < 1.29 is 14.4 Å². The highest BCUT2D eigenvalue weighted by molar-refractivity contribution is 6.48. The second kappa shape index (κ2) is 6.25. The quantitative estimate of drug-likeness (QED) is 0.770. The van der Waals surface area contributed by atoms with Crippen molar-refractivity contribution in [2.75, 3.05) is 26.0 Å². The van der Waals surface area contributed by atoms with Crippen LogP contribution in [0.4, 0.5) is 5.69 Å². The van der Waals surface area contributed by atoms with Gasteiger partial charge in [-0.25, -0.2) is 0 Å². The van der Waals surface area contributed by atoms with Gasteiger partial charge in [-0.3, -0.25) is 24.1 Å². The normalized spacial score (nSPS) is 14.5. The van der Waals surface area contributed by atoms with E-state index in [1.165, 1.54) is 31.4 Å². The highest BCUT2D eigenvalue weighted by atomic mass is 35.5. The van der Waals surface area contributed by atoms with Crippen molar-refractivity contribution in [1.82, 2.24) is 14.8 Å². The van der Waals surface area contributed by atoms with Crippen molar-refractivity contribution >= 4 is 35.0 Å². The van der Waals surface area contributed by atoms with Gasteiger partial charge in [-0.15, -0.1) is 0 Å². The predicted molar refractivity (Wildman–Crippen MR) is 84.0 cm³/mol. The number of hydrogen-bond donors (Lipinski definition) is 2. The SMILES string of the molecule is CCN1C(=O)C(Cl)=C(Nc2c[nH]cc(C(=O)N(C)C)c2=O)C1=O. The van der Waals surface area contributed by atoms with Crippen molar-refractivity contribution in [1.29, 1.82) is 0 Å². The molecular weight excluding hydrogens is 324 g/mol. The maximum atomic E-state index is 12.3. The standard InChI is InChI=1S/C14H15ClN4O4/c1-4-19-13(22)9(15)10(14(19)23)17-8-6-16-5-7(11(8)20)12(21)18(2)3/h5-6,17H,4H2,1-3H3,(H,16,20). The maximum absolute atomic E-state index is 12.3. The zero-order valence-corrected chi connectivity index (χ0v) is 13.5. The molecule has 0 unspecified atom stereocenters. The van der Waals surface area contributed by atoms with Crippen molar-refractivity contribution in [2.45, 2.75) is 6.92 Å². The fourth-order valence-corrected chi connectivity index (χ4v) is 2.28. The molecule has 0 aromatic carbocycles. The van der Waals surface area contributed by atoms with Gasteiger partial charge in [-0.1, -0.05) is 11.6 Å². The number of anilines is 1. The van der Waals surface area contributed by atoms with E-state index in [4.69, 9.17) is 11.6 Å². The summed E-state index contributed by atoms with van der Waals surface area (Å²) in [5, 5.41) is 2.27. The highest BCUT2D eigenvalue weighted by Crippen LogP contribution is 2.24. The number of carbonyl (C=O) groups is 3. The Morgan fingerprint density at radius 2 is 1.91 bits per heavy atom. The number of hydrogen-bond acceptors (Lipinski definition) is 5. The second-order valence-corrected chi connectivity index (χ2v) is 5.36. The number of rotatable bonds is 4. The summed E-state index contributed by atoms with van der Waals surface area (Å²) in [4.78, 5) is 53.1. The molecule has 0 saturated heterocycles. The first-order chi connectivity index (χ1) is 10.8. The van der Waals surface area contributed by atoms with Crippen LogP contribution >= 0.6 is 11.6 Å². The van der Waals surface area contributed by atoms with Crippen LogP contribution in [0.2, 0.25) is 0 Å². The lowest BCUT2D eigenvalue weighted by Gasteiger charge is -2.13. The fourth-order valence-electron chi connectivity index (χ4n) is 2.05. The largest absolute Gasteiger partial charge is 0.365 e. The monoisotopic (exact) mass is 338 g/mol. The number of aromatic amines is 1. The third-order valence-corrected chi connectivity index (χ3v) is 3.62. The first-order valence-electron chi connectivity index (χ1n) is 6.75. The molecule has 1 aliphatic heterocycles. The molecule has 23 heavy (non-hydrogen) atoms. The molecule has 1 aliphatic rings. The Hall–Kier alpha value is -2.61. The van der Waals surface area contributed by atoms with Crippen LogP contribution in [0.3, 0.4) is 0 Å². The van der Waals surface area contributed by atoms with Gasteiger partial charge in [0.2, 0.25) is 5.43 Å². The molecule has 8 nitrogen and oxygen atoms in total. The molecule has 1 aromatic rings. The topological polar surface area (TPSA) is 103 Å². The minimum atomic E-state index is -0.626. The lowest BCUT2D eigenvalue weighted by molar-refractivity contribution is -0.137. The number of aromatic nitrogens is 1. The number of nitrogens with one attached hydrogen (secondary N) is 2. The molecule has 2 N–H and O–H groups in total. The Labute approximate surface area is 136 Å². The summed E-state index contributed by atoms with van der Waals surface area (Å²) in [5.74, 6) is -1.73. The smallest absolute Gasteiger partial charge is 0.278 e. The molecule has 3 amide bonds. The number of nitrogens with zero attached hydrogens (tertiary/aromatic N) is 2. The van der Waals surface area contributed by atoms with E-state index < -0.39 is 23.2 Å². The Bertz CT molecular complexity index is 781. The van der Waals surface area contributed by atoms with Crippen LogP contribution in [-0.2, 0) is 9.59 Å². The van der Waals surface area contributed by atoms with E-state index in [-0.39, 0.29) is 28.5 Å². The van der Waals surface area contributed by atoms with Crippen molar-refractivity contribution in [3.8, 4) is 0 Å². The molecule has 0 aliphatic carbocycles. The molecule has 0 bridgehead atoms. The zero-order valence-electron chi connectivity index (χ0n) is 12.8. The number of pyridine rings is 1. The molecule has 0 atom stereocenters. The number of H-pyrrole nitrogens is 1. The van der Waals surface area contributed by atoms with Crippen LogP contribution in [0, 0.1) is 0 Å². The Morgan fingerprint density at radius 3 is 2.43 bits per heavy atom. The minimum Gasteiger partial charge on any atom is -0.365 e. The molecule has 0 fully saturated rings. The van der Waals surface area contributed by atoms with E-state index in [0.29, 0.717) is 0 Å². The molecule has 1 aromatic heterocycles. The number of likely N-dealkylation sites (N-methyl/N-ethyl adjacent to an activating group) is 1. The van der Waals surface area contributed by atoms with E-state index in [1.54, 1.807) is 6.92 Å². The lowest BCUT2D eigenvalue weighted by Crippen LogP contribution is -2.33. The zero-order chi connectivity index (χ0) is 17.3. The van der Waals surface area contributed by atoms with Crippen LogP contribution in [0.25, 0.3) is 0 Å². The maximum Gasteiger partial charge on any atom is 0.278 e. The highest BCUT2D eigenvalue weighted by Gasteiger charge is 2.37. The molecular formula is C14H15ClN4O4. The fraction of sp³-hybridized carbons (Fsp3) is 0.286. The molecule has 2 heterocycles. The van der Waals surface area contributed by atoms with Crippen molar-refractivity contribution in [3.63, 3.8) is 0 Å². The summed E-state index contributed by atoms with van der Waals surface area (Å²) in [6.45, 7) is 1.79. The van der Waals surface area contributed by atoms with Gasteiger partial charge < -0.3 is 15.2 Å². The van der Waals surface area contributed by atoms with Crippen LogP contribution in [0.1, 0.15) is 17.3 Å². The van der Waals surface area contributed by atoms with Crippen molar-refractivity contribution in [2.24, 2.45) is 0 Å². The van der Waals surface area contributed by atoms with E-state index in [0.717, 1.165) is 4.90 Å². The average Bonchev–Trinajstić information content (AvgIpc) is 2.71. The first kappa shape index (κ1) is 16.8. The predicted octanol–water partition coefficient (Wildman–Crippen LogP) is 0.328. The average molecular weight is 339 g/mol. The van der Waals surface area contributed by atoms with Gasteiger partial charge in [0.25, 0.3) is 17.7 Å². The Kier molecular flexibility index (Phi) is 4.55. The van der Waals surface area contributed by atoms with E-state index in [9.17, 15) is 19.2 Å². The summed E-state index contributed by atoms with van der Waals surface area (Å²) in [6.07, 6.45) is 2.56. The molecule has 9 heteroatoms. The molecule has 2 rings (SSSR count). The van der Waals surface area contributed by atoms with E-state index >= 15 is 0 Å². The number of carbonyl (C=O) groups excluding carboxylic acids is 3. The molecule has 0 radical (unpaired) electrons. The summed E-state index contributed by atoms with van der Waals surface area (Å²) in [5.41, 5.74) is -0.932.